The minimum absolute atomic E-state index is 0.0743. The molecule has 2 atom stereocenters. The molecule has 0 aromatic carbocycles. The first kappa shape index (κ1) is 10.6. The standard InChI is InChI=1S/C7H8ClNO3S/c8-1-5(11)7(12)4-3-13-6(2-10)9-4/h2-3,5,7,11-12H,1H2. The van der Waals surface area contributed by atoms with Gasteiger partial charge in [0.2, 0.25) is 0 Å². The topological polar surface area (TPSA) is 70.4 Å². The molecule has 72 valence electrons. The molecule has 6 heteroatoms. The number of hydrogen-bond donors (Lipinski definition) is 2. The number of rotatable bonds is 4. The molecule has 1 aromatic heterocycles. The molecule has 0 saturated carbocycles. The Kier molecular flexibility index (Phi) is 3.80. The van der Waals surface area contributed by atoms with Gasteiger partial charge < -0.3 is 10.2 Å². The molecule has 0 spiro atoms. The normalized spacial score (nSPS) is 15.3. The van der Waals surface area contributed by atoms with Gasteiger partial charge in [0.05, 0.1) is 17.7 Å². The Morgan fingerprint density at radius 3 is 2.85 bits per heavy atom. The van der Waals surface area contributed by atoms with Crippen LogP contribution in [0.4, 0.5) is 0 Å². The zero-order valence-corrected chi connectivity index (χ0v) is 8.13. The van der Waals surface area contributed by atoms with Gasteiger partial charge in [-0.2, -0.15) is 0 Å². The molecule has 0 radical (unpaired) electrons. The number of nitrogens with zero attached hydrogens (tertiary/aromatic N) is 1. The fourth-order valence-corrected chi connectivity index (χ4v) is 1.59. The number of alkyl halides is 1. The molecule has 0 aliphatic heterocycles. The summed E-state index contributed by atoms with van der Waals surface area (Å²) >= 11 is 6.45. The Labute approximate surface area is 83.8 Å². The second-order valence-electron chi connectivity index (χ2n) is 2.39. The smallest absolute Gasteiger partial charge is 0.178 e. The molecule has 2 N–H and O–H groups in total. The number of aliphatic hydroxyl groups excluding tert-OH is 2. The Morgan fingerprint density at radius 2 is 2.38 bits per heavy atom. The first-order valence-corrected chi connectivity index (χ1v) is 4.93. The number of halogens is 1. The lowest BCUT2D eigenvalue weighted by Crippen LogP contribution is -2.19. The van der Waals surface area contributed by atoms with E-state index in [0.717, 1.165) is 11.3 Å². The summed E-state index contributed by atoms with van der Waals surface area (Å²) in [6, 6.07) is 0. The minimum Gasteiger partial charge on any atom is -0.389 e. The van der Waals surface area contributed by atoms with Gasteiger partial charge in [0.25, 0.3) is 0 Å². The maximum atomic E-state index is 10.3. The van der Waals surface area contributed by atoms with Crippen LogP contribution in [0.15, 0.2) is 5.38 Å². The lowest BCUT2D eigenvalue weighted by molar-refractivity contribution is 0.0303. The van der Waals surface area contributed by atoms with E-state index in [0.29, 0.717) is 6.29 Å². The van der Waals surface area contributed by atoms with E-state index in [1.807, 2.05) is 0 Å². The van der Waals surface area contributed by atoms with Crippen molar-refractivity contribution >= 4 is 29.2 Å². The molecule has 0 fully saturated rings. The van der Waals surface area contributed by atoms with Crippen LogP contribution in [0.2, 0.25) is 0 Å². The molecule has 0 aliphatic rings. The van der Waals surface area contributed by atoms with E-state index in [9.17, 15) is 9.90 Å². The highest BCUT2D eigenvalue weighted by Gasteiger charge is 2.19. The van der Waals surface area contributed by atoms with Crippen molar-refractivity contribution in [2.24, 2.45) is 0 Å². The number of carbonyl (C=O) groups is 1. The third kappa shape index (κ3) is 2.47. The van der Waals surface area contributed by atoms with Crippen LogP contribution in [0.1, 0.15) is 21.6 Å². The number of aromatic nitrogens is 1. The highest BCUT2D eigenvalue weighted by Crippen LogP contribution is 2.19. The molecule has 1 rings (SSSR count). The first-order chi connectivity index (χ1) is 6.19. The molecular formula is C7H8ClNO3S. The van der Waals surface area contributed by atoms with Gasteiger partial charge in [-0.1, -0.05) is 0 Å². The van der Waals surface area contributed by atoms with Gasteiger partial charge in [0.15, 0.2) is 11.3 Å². The van der Waals surface area contributed by atoms with Crippen LogP contribution in [0, 0.1) is 0 Å². The molecule has 0 bridgehead atoms. The zero-order chi connectivity index (χ0) is 9.84. The Hall–Kier alpha value is -0.490. The van der Waals surface area contributed by atoms with Crippen LogP contribution < -0.4 is 0 Å². The van der Waals surface area contributed by atoms with Crippen molar-refractivity contribution in [1.29, 1.82) is 0 Å². The van der Waals surface area contributed by atoms with Gasteiger partial charge in [-0.3, -0.25) is 4.79 Å². The number of carbonyl (C=O) groups excluding carboxylic acids is 1. The predicted molar refractivity (Wildman–Crippen MR) is 49.2 cm³/mol. The van der Waals surface area contributed by atoms with Crippen molar-refractivity contribution in [1.82, 2.24) is 4.98 Å². The second-order valence-corrected chi connectivity index (χ2v) is 3.59. The summed E-state index contributed by atoms with van der Waals surface area (Å²) in [6.07, 6.45) is -1.58. The average molecular weight is 222 g/mol. The summed E-state index contributed by atoms with van der Waals surface area (Å²) in [5.41, 5.74) is 0.278. The molecule has 1 heterocycles. The van der Waals surface area contributed by atoms with Crippen molar-refractivity contribution in [2.75, 3.05) is 5.88 Å². The van der Waals surface area contributed by atoms with Gasteiger partial charge in [-0.25, -0.2) is 4.98 Å². The Balaban J connectivity index is 2.76. The summed E-state index contributed by atoms with van der Waals surface area (Å²) in [7, 11) is 0. The molecule has 0 amide bonds. The van der Waals surface area contributed by atoms with E-state index in [-0.39, 0.29) is 16.6 Å². The maximum absolute atomic E-state index is 10.3. The largest absolute Gasteiger partial charge is 0.389 e. The quantitative estimate of drug-likeness (QED) is 0.577. The van der Waals surface area contributed by atoms with E-state index < -0.39 is 12.2 Å². The maximum Gasteiger partial charge on any atom is 0.178 e. The highest BCUT2D eigenvalue weighted by atomic mass is 35.5. The van der Waals surface area contributed by atoms with Crippen LogP contribution in [0.3, 0.4) is 0 Å². The molecule has 0 saturated heterocycles. The number of hydrogen-bond acceptors (Lipinski definition) is 5. The lowest BCUT2D eigenvalue weighted by Gasteiger charge is -2.11. The van der Waals surface area contributed by atoms with Crippen LogP contribution in [-0.2, 0) is 0 Å². The summed E-state index contributed by atoms with van der Waals surface area (Å²) in [5.74, 6) is -0.0743. The zero-order valence-electron chi connectivity index (χ0n) is 6.55. The molecule has 0 aliphatic carbocycles. The van der Waals surface area contributed by atoms with E-state index in [1.165, 1.54) is 5.38 Å². The number of aliphatic hydroxyl groups is 2. The van der Waals surface area contributed by atoms with Crippen LogP contribution in [-0.4, -0.2) is 33.5 Å². The van der Waals surface area contributed by atoms with Gasteiger partial charge in [-0.15, -0.1) is 22.9 Å². The van der Waals surface area contributed by atoms with E-state index in [1.54, 1.807) is 0 Å². The molecular weight excluding hydrogens is 214 g/mol. The average Bonchev–Trinajstić information content (AvgIpc) is 2.63. The summed E-state index contributed by atoms with van der Waals surface area (Å²) < 4.78 is 0. The van der Waals surface area contributed by atoms with Gasteiger partial charge in [0.1, 0.15) is 6.10 Å². The van der Waals surface area contributed by atoms with Crippen molar-refractivity contribution in [3.8, 4) is 0 Å². The SMILES string of the molecule is O=Cc1nc(C(O)C(O)CCl)cs1. The summed E-state index contributed by atoms with van der Waals surface area (Å²) in [5, 5.41) is 20.3. The predicted octanol–water partition coefficient (Wildman–Crippen LogP) is 0.589. The van der Waals surface area contributed by atoms with Crippen molar-refractivity contribution in [3.63, 3.8) is 0 Å². The van der Waals surface area contributed by atoms with E-state index in [4.69, 9.17) is 16.7 Å². The third-order valence-electron chi connectivity index (χ3n) is 1.47. The first-order valence-electron chi connectivity index (χ1n) is 3.51. The van der Waals surface area contributed by atoms with Crippen molar-refractivity contribution < 1.29 is 15.0 Å². The fourth-order valence-electron chi connectivity index (χ4n) is 0.772. The Bertz CT molecular complexity index is 291. The Morgan fingerprint density at radius 1 is 1.69 bits per heavy atom. The molecule has 2 unspecified atom stereocenters. The van der Waals surface area contributed by atoms with Gasteiger partial charge >= 0.3 is 0 Å². The van der Waals surface area contributed by atoms with Crippen LogP contribution >= 0.6 is 22.9 Å². The van der Waals surface area contributed by atoms with Crippen LogP contribution in [0.25, 0.3) is 0 Å². The van der Waals surface area contributed by atoms with Gasteiger partial charge in [-0.05, 0) is 0 Å². The summed E-state index contributed by atoms with van der Waals surface area (Å²) in [6.45, 7) is 0. The minimum atomic E-state index is -1.12. The monoisotopic (exact) mass is 221 g/mol. The molecule has 1 aromatic rings. The lowest BCUT2D eigenvalue weighted by atomic mass is 10.2. The van der Waals surface area contributed by atoms with Crippen molar-refractivity contribution in [2.45, 2.75) is 12.2 Å². The van der Waals surface area contributed by atoms with Gasteiger partial charge in [0, 0.05) is 5.38 Å². The van der Waals surface area contributed by atoms with Crippen molar-refractivity contribution in [3.05, 3.63) is 16.1 Å². The second kappa shape index (κ2) is 4.66. The third-order valence-corrected chi connectivity index (χ3v) is 2.57. The fraction of sp³-hybridized carbons (Fsp3) is 0.429. The van der Waals surface area contributed by atoms with E-state index >= 15 is 0 Å². The highest BCUT2D eigenvalue weighted by molar-refractivity contribution is 7.11. The van der Waals surface area contributed by atoms with Crippen LogP contribution in [0.5, 0.6) is 0 Å². The molecule has 4 nitrogen and oxygen atoms in total. The number of thiazole rings is 1. The van der Waals surface area contributed by atoms with E-state index in [2.05, 4.69) is 4.98 Å². The number of aldehydes is 1. The molecule has 13 heavy (non-hydrogen) atoms. The summed E-state index contributed by atoms with van der Waals surface area (Å²) in [4.78, 5) is 14.0.